The molecular weight excluding hydrogens is 408 g/mol. The van der Waals surface area contributed by atoms with Gasteiger partial charge >= 0.3 is 6.09 Å². The highest BCUT2D eigenvalue weighted by atomic mass is 32.2. The van der Waals surface area contributed by atoms with E-state index in [1.54, 1.807) is 23.9 Å². The third-order valence-corrected chi connectivity index (χ3v) is 6.74. The number of anilines is 1. The van der Waals surface area contributed by atoms with Crippen molar-refractivity contribution in [3.05, 3.63) is 45.8 Å². The maximum atomic E-state index is 12.8. The number of hydrogen-bond donors (Lipinski definition) is 2. The molecule has 0 spiro atoms. The van der Waals surface area contributed by atoms with Crippen LogP contribution in [0.2, 0.25) is 0 Å². The van der Waals surface area contributed by atoms with Crippen LogP contribution in [0.1, 0.15) is 57.8 Å². The standard InChI is InChI=1S/C21H24N2O4S2/c1-12(2)28-14-10-8-13(9-11-14)18(24)22-20-17(19(25)23-21(26)27-3)15-6-4-5-7-16(15)29-20/h8-12H,4-7H2,1-3H3,(H,22,24)(H,23,25,26). The Morgan fingerprint density at radius 3 is 2.41 bits per heavy atom. The molecule has 1 aromatic heterocycles. The van der Waals surface area contributed by atoms with Gasteiger partial charge in [-0.15, -0.1) is 23.1 Å². The number of rotatable bonds is 5. The lowest BCUT2D eigenvalue weighted by Gasteiger charge is -2.12. The molecule has 1 heterocycles. The van der Waals surface area contributed by atoms with E-state index in [-0.39, 0.29) is 5.91 Å². The largest absolute Gasteiger partial charge is 0.453 e. The molecule has 0 aliphatic heterocycles. The maximum Gasteiger partial charge on any atom is 0.413 e. The third-order valence-electron chi connectivity index (χ3n) is 4.51. The SMILES string of the molecule is COC(=O)NC(=O)c1c(NC(=O)c2ccc(SC(C)C)cc2)sc2c1CCCC2. The van der Waals surface area contributed by atoms with Crippen LogP contribution in [-0.2, 0) is 17.6 Å². The number of fused-ring (bicyclic) bond motifs is 1. The first-order chi connectivity index (χ1) is 13.9. The first kappa shape index (κ1) is 21.4. The quantitative estimate of drug-likeness (QED) is 0.658. The van der Waals surface area contributed by atoms with E-state index in [9.17, 15) is 14.4 Å². The molecule has 1 aliphatic rings. The molecule has 154 valence electrons. The van der Waals surface area contributed by atoms with Gasteiger partial charge in [-0.2, -0.15) is 0 Å². The second kappa shape index (κ2) is 9.45. The van der Waals surface area contributed by atoms with Crippen molar-refractivity contribution >= 4 is 46.0 Å². The van der Waals surface area contributed by atoms with E-state index in [1.807, 2.05) is 12.1 Å². The lowest BCUT2D eigenvalue weighted by atomic mass is 9.95. The first-order valence-corrected chi connectivity index (χ1v) is 11.2. The molecular formula is C21H24N2O4S2. The minimum atomic E-state index is -0.818. The topological polar surface area (TPSA) is 84.5 Å². The highest BCUT2D eigenvalue weighted by Gasteiger charge is 2.27. The number of imide groups is 1. The average Bonchev–Trinajstić information content (AvgIpc) is 3.05. The van der Waals surface area contributed by atoms with Gasteiger partial charge in [-0.1, -0.05) is 13.8 Å². The van der Waals surface area contributed by atoms with Crippen molar-refractivity contribution < 1.29 is 19.1 Å². The minimum absolute atomic E-state index is 0.281. The molecule has 2 N–H and O–H groups in total. The van der Waals surface area contributed by atoms with E-state index in [2.05, 4.69) is 29.2 Å². The summed E-state index contributed by atoms with van der Waals surface area (Å²) in [5.41, 5.74) is 1.81. The van der Waals surface area contributed by atoms with Crippen molar-refractivity contribution in [3.8, 4) is 0 Å². The second-order valence-electron chi connectivity index (χ2n) is 7.01. The summed E-state index contributed by atoms with van der Waals surface area (Å²) in [5.74, 6) is -0.827. The molecule has 1 aromatic carbocycles. The number of thiophene rings is 1. The summed E-state index contributed by atoms with van der Waals surface area (Å²) in [6.45, 7) is 4.23. The van der Waals surface area contributed by atoms with Crippen molar-refractivity contribution in [2.45, 2.75) is 49.7 Å². The highest BCUT2D eigenvalue weighted by Crippen LogP contribution is 2.38. The predicted molar refractivity (Wildman–Crippen MR) is 116 cm³/mol. The predicted octanol–water partition coefficient (Wildman–Crippen LogP) is 4.88. The van der Waals surface area contributed by atoms with E-state index in [4.69, 9.17) is 0 Å². The summed E-state index contributed by atoms with van der Waals surface area (Å²) in [7, 11) is 1.20. The fourth-order valence-corrected chi connectivity index (χ4v) is 5.35. The summed E-state index contributed by atoms with van der Waals surface area (Å²) in [6.07, 6.45) is 2.84. The number of alkyl carbamates (subject to hydrolysis) is 1. The molecule has 2 aromatic rings. The Morgan fingerprint density at radius 2 is 1.76 bits per heavy atom. The van der Waals surface area contributed by atoms with Crippen LogP contribution < -0.4 is 10.6 Å². The van der Waals surface area contributed by atoms with Crippen LogP contribution in [0, 0.1) is 0 Å². The lowest BCUT2D eigenvalue weighted by molar-refractivity contribution is 0.0937. The molecule has 8 heteroatoms. The minimum Gasteiger partial charge on any atom is -0.453 e. The summed E-state index contributed by atoms with van der Waals surface area (Å²) in [5, 5.41) is 6.03. The Morgan fingerprint density at radius 1 is 1.07 bits per heavy atom. The zero-order valence-electron chi connectivity index (χ0n) is 16.7. The molecule has 0 fully saturated rings. The summed E-state index contributed by atoms with van der Waals surface area (Å²) in [6, 6.07) is 7.40. The van der Waals surface area contributed by atoms with Gasteiger partial charge in [0.25, 0.3) is 11.8 Å². The van der Waals surface area contributed by atoms with Gasteiger partial charge in [0, 0.05) is 20.6 Å². The Kier molecular flexibility index (Phi) is 6.97. The summed E-state index contributed by atoms with van der Waals surface area (Å²) in [4.78, 5) is 39.1. The van der Waals surface area contributed by atoms with Gasteiger partial charge in [0.05, 0.1) is 12.7 Å². The van der Waals surface area contributed by atoms with Gasteiger partial charge in [-0.05, 0) is 55.5 Å². The van der Waals surface area contributed by atoms with Gasteiger partial charge < -0.3 is 10.1 Å². The normalized spacial score (nSPS) is 13.0. The highest BCUT2D eigenvalue weighted by molar-refractivity contribution is 7.99. The maximum absolute atomic E-state index is 12.8. The number of aryl methyl sites for hydroxylation is 1. The van der Waals surface area contributed by atoms with Crippen LogP contribution in [0.25, 0.3) is 0 Å². The zero-order chi connectivity index (χ0) is 21.0. The lowest BCUT2D eigenvalue weighted by Crippen LogP contribution is -2.31. The Balaban J connectivity index is 1.84. The van der Waals surface area contributed by atoms with Crippen molar-refractivity contribution in [2.75, 3.05) is 12.4 Å². The van der Waals surface area contributed by atoms with E-state index in [1.165, 1.54) is 18.4 Å². The molecule has 0 saturated heterocycles. The van der Waals surface area contributed by atoms with Crippen LogP contribution in [0.5, 0.6) is 0 Å². The van der Waals surface area contributed by atoms with E-state index in [0.717, 1.165) is 41.0 Å². The van der Waals surface area contributed by atoms with Crippen LogP contribution in [-0.4, -0.2) is 30.3 Å². The fraction of sp³-hybridized carbons (Fsp3) is 0.381. The van der Waals surface area contributed by atoms with Crippen molar-refractivity contribution in [3.63, 3.8) is 0 Å². The van der Waals surface area contributed by atoms with Gasteiger partial charge in [-0.3, -0.25) is 14.9 Å². The molecule has 6 nitrogen and oxygen atoms in total. The Hall–Kier alpha value is -2.32. The van der Waals surface area contributed by atoms with Crippen LogP contribution in [0.3, 0.4) is 0 Å². The number of hydrogen-bond acceptors (Lipinski definition) is 6. The number of thioether (sulfide) groups is 1. The molecule has 0 radical (unpaired) electrons. The molecule has 3 amide bonds. The molecule has 0 unspecified atom stereocenters. The molecule has 29 heavy (non-hydrogen) atoms. The fourth-order valence-electron chi connectivity index (χ4n) is 3.23. The molecule has 1 aliphatic carbocycles. The van der Waals surface area contributed by atoms with Crippen LogP contribution in [0.4, 0.5) is 9.80 Å². The van der Waals surface area contributed by atoms with E-state index in [0.29, 0.717) is 21.4 Å². The molecule has 0 bridgehead atoms. The van der Waals surface area contributed by atoms with Gasteiger partial charge in [-0.25, -0.2) is 4.79 Å². The number of amides is 3. The molecule has 0 saturated carbocycles. The number of benzene rings is 1. The number of methoxy groups -OCH3 is 1. The number of ether oxygens (including phenoxy) is 1. The van der Waals surface area contributed by atoms with Crippen LogP contribution in [0.15, 0.2) is 29.2 Å². The smallest absolute Gasteiger partial charge is 0.413 e. The first-order valence-electron chi connectivity index (χ1n) is 9.51. The van der Waals surface area contributed by atoms with Crippen LogP contribution >= 0.6 is 23.1 Å². The third kappa shape index (κ3) is 5.19. The number of nitrogens with one attached hydrogen (secondary N) is 2. The van der Waals surface area contributed by atoms with Crippen molar-refractivity contribution in [1.82, 2.24) is 5.32 Å². The summed E-state index contributed by atoms with van der Waals surface area (Å²) < 4.78 is 4.54. The molecule has 3 rings (SSSR count). The monoisotopic (exact) mass is 432 g/mol. The summed E-state index contributed by atoms with van der Waals surface area (Å²) >= 11 is 3.14. The van der Waals surface area contributed by atoms with Gasteiger partial charge in [0.1, 0.15) is 5.00 Å². The van der Waals surface area contributed by atoms with Crippen molar-refractivity contribution in [2.24, 2.45) is 0 Å². The number of carbonyl (C=O) groups is 3. The Bertz CT molecular complexity index is 920. The van der Waals surface area contributed by atoms with Crippen molar-refractivity contribution in [1.29, 1.82) is 0 Å². The van der Waals surface area contributed by atoms with E-state index >= 15 is 0 Å². The van der Waals surface area contributed by atoms with Gasteiger partial charge in [0.15, 0.2) is 0 Å². The second-order valence-corrected chi connectivity index (χ2v) is 9.76. The zero-order valence-corrected chi connectivity index (χ0v) is 18.3. The Labute approximate surface area is 178 Å². The number of carbonyl (C=O) groups excluding carboxylic acids is 3. The van der Waals surface area contributed by atoms with Gasteiger partial charge in [0.2, 0.25) is 0 Å². The molecule has 0 atom stereocenters. The average molecular weight is 433 g/mol. The van der Waals surface area contributed by atoms with E-state index < -0.39 is 12.0 Å².